The molecule has 1 amide bonds. The van der Waals surface area contributed by atoms with E-state index < -0.39 is 29.5 Å². The Bertz CT molecular complexity index is 976. The molecule has 0 aliphatic carbocycles. The topological polar surface area (TPSA) is 72.9 Å². The van der Waals surface area contributed by atoms with E-state index in [4.69, 9.17) is 9.47 Å². The van der Waals surface area contributed by atoms with E-state index in [1.807, 2.05) is 36.4 Å². The van der Waals surface area contributed by atoms with Gasteiger partial charge >= 0.3 is 11.9 Å². The zero-order valence-corrected chi connectivity index (χ0v) is 18.2. The molecule has 0 radical (unpaired) electrons. The third-order valence-electron chi connectivity index (χ3n) is 4.97. The van der Waals surface area contributed by atoms with Gasteiger partial charge in [0.25, 0.3) is 5.91 Å². The summed E-state index contributed by atoms with van der Waals surface area (Å²) in [6.45, 7) is 5.36. The number of carbonyl (C=O) groups excluding carboxylic acids is 3. The van der Waals surface area contributed by atoms with Crippen LogP contribution in [0.1, 0.15) is 43.1 Å². The Balaban J connectivity index is 2.04. The molecule has 0 bridgehead atoms. The van der Waals surface area contributed by atoms with Crippen molar-refractivity contribution in [2.45, 2.75) is 38.8 Å². The van der Waals surface area contributed by atoms with Crippen molar-refractivity contribution in [1.82, 2.24) is 4.90 Å². The highest BCUT2D eigenvalue weighted by molar-refractivity contribution is 6.00. The molecule has 162 valence electrons. The molecular formula is C25H27NO5. The summed E-state index contributed by atoms with van der Waals surface area (Å²) in [5.74, 6) is -1.96. The number of methoxy groups -OCH3 is 1. The van der Waals surface area contributed by atoms with Gasteiger partial charge in [0.1, 0.15) is 11.6 Å². The molecule has 6 nitrogen and oxygen atoms in total. The lowest BCUT2D eigenvalue weighted by molar-refractivity contribution is -0.156. The predicted octanol–water partition coefficient (Wildman–Crippen LogP) is 4.07. The van der Waals surface area contributed by atoms with E-state index in [0.717, 1.165) is 5.56 Å². The van der Waals surface area contributed by atoms with Gasteiger partial charge < -0.3 is 9.47 Å². The summed E-state index contributed by atoms with van der Waals surface area (Å²) >= 11 is 0. The maximum absolute atomic E-state index is 13.3. The summed E-state index contributed by atoms with van der Waals surface area (Å²) in [6, 6.07) is 17.1. The third kappa shape index (κ3) is 5.20. The maximum atomic E-state index is 13.3. The number of nitrogens with zero attached hydrogens (tertiary/aromatic N) is 1. The highest BCUT2D eigenvalue weighted by Gasteiger charge is 2.45. The number of benzene rings is 2. The molecule has 0 spiro atoms. The first-order chi connectivity index (χ1) is 14.7. The van der Waals surface area contributed by atoms with Crippen LogP contribution in [0.2, 0.25) is 0 Å². The summed E-state index contributed by atoms with van der Waals surface area (Å²) in [5, 5.41) is 0. The van der Waals surface area contributed by atoms with E-state index in [0.29, 0.717) is 11.1 Å². The first kappa shape index (κ1) is 22.3. The Morgan fingerprint density at radius 3 is 2.06 bits per heavy atom. The van der Waals surface area contributed by atoms with E-state index in [2.05, 4.69) is 0 Å². The van der Waals surface area contributed by atoms with Crippen LogP contribution >= 0.6 is 0 Å². The molecule has 2 aromatic carbocycles. The number of ether oxygens (including phenoxy) is 2. The van der Waals surface area contributed by atoms with E-state index >= 15 is 0 Å². The Kier molecular flexibility index (Phi) is 6.59. The minimum absolute atomic E-state index is 0.0592. The summed E-state index contributed by atoms with van der Waals surface area (Å²) in [4.78, 5) is 40.1. The summed E-state index contributed by atoms with van der Waals surface area (Å²) in [7, 11) is 1.28. The second kappa shape index (κ2) is 9.16. The third-order valence-corrected chi connectivity index (χ3v) is 4.97. The number of hydrogen-bond donors (Lipinski definition) is 0. The van der Waals surface area contributed by atoms with Crippen molar-refractivity contribution in [2.24, 2.45) is 5.92 Å². The lowest BCUT2D eigenvalue weighted by atomic mass is 9.87. The van der Waals surface area contributed by atoms with Crippen LogP contribution in [0.25, 0.3) is 5.57 Å². The number of rotatable bonds is 5. The van der Waals surface area contributed by atoms with Crippen LogP contribution in [0, 0.1) is 5.92 Å². The monoisotopic (exact) mass is 421 g/mol. The largest absolute Gasteiger partial charge is 0.467 e. The molecule has 0 saturated heterocycles. The second-order valence-corrected chi connectivity index (χ2v) is 8.39. The Morgan fingerprint density at radius 2 is 1.52 bits per heavy atom. The van der Waals surface area contributed by atoms with Crippen molar-refractivity contribution in [3.05, 3.63) is 78.0 Å². The Morgan fingerprint density at radius 1 is 0.935 bits per heavy atom. The molecule has 2 atom stereocenters. The maximum Gasteiger partial charge on any atom is 0.329 e. The first-order valence-corrected chi connectivity index (χ1v) is 10.2. The van der Waals surface area contributed by atoms with Gasteiger partial charge in [-0.3, -0.25) is 14.5 Å². The van der Waals surface area contributed by atoms with Gasteiger partial charge in [0.05, 0.1) is 13.5 Å². The SMILES string of the molecule is COC(=O)[C@@H]1[C@@H](CC(=O)OC(C)(C)C)C(c2ccccc2)=CN1C(=O)c1ccccc1. The fraction of sp³-hybridized carbons (Fsp3) is 0.320. The second-order valence-electron chi connectivity index (χ2n) is 8.39. The molecule has 0 saturated carbocycles. The smallest absolute Gasteiger partial charge is 0.329 e. The Labute approximate surface area is 182 Å². The number of esters is 2. The molecule has 0 N–H and O–H groups in total. The summed E-state index contributed by atoms with van der Waals surface area (Å²) < 4.78 is 10.5. The fourth-order valence-corrected chi connectivity index (χ4v) is 3.71. The minimum atomic E-state index is -0.972. The zero-order chi connectivity index (χ0) is 22.6. The van der Waals surface area contributed by atoms with Crippen LogP contribution in [-0.2, 0) is 19.1 Å². The lowest BCUT2D eigenvalue weighted by Crippen LogP contribution is -2.44. The molecular weight excluding hydrogens is 394 g/mol. The van der Waals surface area contributed by atoms with E-state index in [1.165, 1.54) is 12.0 Å². The van der Waals surface area contributed by atoms with Gasteiger partial charge in [0, 0.05) is 17.7 Å². The number of carbonyl (C=O) groups is 3. The van der Waals surface area contributed by atoms with Crippen molar-refractivity contribution >= 4 is 23.4 Å². The average molecular weight is 421 g/mol. The van der Waals surface area contributed by atoms with E-state index in [1.54, 1.807) is 51.2 Å². The van der Waals surface area contributed by atoms with Gasteiger partial charge in [-0.05, 0) is 44.0 Å². The molecule has 0 aromatic heterocycles. The molecule has 1 heterocycles. The van der Waals surface area contributed by atoms with Gasteiger partial charge in [0.2, 0.25) is 0 Å². The molecule has 0 unspecified atom stereocenters. The minimum Gasteiger partial charge on any atom is -0.467 e. The van der Waals surface area contributed by atoms with Crippen LogP contribution in [0.5, 0.6) is 0 Å². The standard InChI is InChI=1S/C25H27NO5/c1-25(2,3)31-21(27)15-19-20(17-11-7-5-8-12-17)16-26(22(19)24(29)30-4)23(28)18-13-9-6-10-14-18/h5-14,16,19,22H,15H2,1-4H3/t19-,22-/m0/s1. The van der Waals surface area contributed by atoms with Crippen LogP contribution in [0.3, 0.4) is 0 Å². The Hall–Kier alpha value is -3.41. The van der Waals surface area contributed by atoms with Crippen molar-refractivity contribution in [3.8, 4) is 0 Å². The summed E-state index contributed by atoms with van der Waals surface area (Å²) in [6.07, 6.45) is 1.59. The van der Waals surface area contributed by atoms with Gasteiger partial charge in [0.15, 0.2) is 0 Å². The molecule has 2 aromatic rings. The van der Waals surface area contributed by atoms with Crippen LogP contribution < -0.4 is 0 Å². The lowest BCUT2D eigenvalue weighted by Gasteiger charge is -2.27. The number of amides is 1. The van der Waals surface area contributed by atoms with Crippen molar-refractivity contribution in [2.75, 3.05) is 7.11 Å². The normalized spacial score (nSPS) is 18.3. The highest BCUT2D eigenvalue weighted by atomic mass is 16.6. The molecule has 3 rings (SSSR count). The highest BCUT2D eigenvalue weighted by Crippen LogP contribution is 2.39. The van der Waals surface area contributed by atoms with Crippen molar-refractivity contribution in [3.63, 3.8) is 0 Å². The zero-order valence-electron chi connectivity index (χ0n) is 18.2. The number of hydrogen-bond acceptors (Lipinski definition) is 5. The molecule has 31 heavy (non-hydrogen) atoms. The van der Waals surface area contributed by atoms with Crippen LogP contribution in [0.15, 0.2) is 66.9 Å². The average Bonchev–Trinajstić information content (AvgIpc) is 3.11. The van der Waals surface area contributed by atoms with Crippen LogP contribution in [0.4, 0.5) is 0 Å². The predicted molar refractivity (Wildman–Crippen MR) is 117 cm³/mol. The van der Waals surface area contributed by atoms with E-state index in [-0.39, 0.29) is 12.3 Å². The molecule has 1 aliphatic rings. The summed E-state index contributed by atoms with van der Waals surface area (Å²) in [5.41, 5.74) is 1.32. The quantitative estimate of drug-likeness (QED) is 0.681. The molecule has 1 aliphatic heterocycles. The van der Waals surface area contributed by atoms with Crippen LogP contribution in [-0.4, -0.2) is 41.5 Å². The van der Waals surface area contributed by atoms with E-state index in [9.17, 15) is 14.4 Å². The first-order valence-electron chi connectivity index (χ1n) is 10.2. The fourth-order valence-electron chi connectivity index (χ4n) is 3.71. The van der Waals surface area contributed by atoms with Gasteiger partial charge in [-0.2, -0.15) is 0 Å². The van der Waals surface area contributed by atoms with Crippen molar-refractivity contribution < 1.29 is 23.9 Å². The van der Waals surface area contributed by atoms with Gasteiger partial charge in [-0.15, -0.1) is 0 Å². The van der Waals surface area contributed by atoms with Gasteiger partial charge in [-0.25, -0.2) is 4.79 Å². The van der Waals surface area contributed by atoms with Crippen molar-refractivity contribution in [1.29, 1.82) is 0 Å². The molecule has 6 heteroatoms. The van der Waals surface area contributed by atoms with Gasteiger partial charge in [-0.1, -0.05) is 48.5 Å². The molecule has 0 fully saturated rings.